The molecule has 1 aliphatic rings. The van der Waals surface area contributed by atoms with Crippen LogP contribution >= 0.6 is 0 Å². The van der Waals surface area contributed by atoms with Gasteiger partial charge in [-0.2, -0.15) is 0 Å². The van der Waals surface area contributed by atoms with Crippen molar-refractivity contribution < 1.29 is 18.0 Å². The van der Waals surface area contributed by atoms with E-state index in [4.69, 9.17) is 0 Å². The van der Waals surface area contributed by atoms with Gasteiger partial charge in [-0.3, -0.25) is 4.79 Å². The molecule has 8 heteroatoms. The number of hydrogen-bond donors (Lipinski definition) is 2. The van der Waals surface area contributed by atoms with E-state index in [1.54, 1.807) is 6.92 Å². The van der Waals surface area contributed by atoms with Gasteiger partial charge in [0, 0.05) is 12.1 Å². The Kier molecular flexibility index (Phi) is 5.93. The molecule has 0 spiro atoms. The molecule has 2 aromatic rings. The van der Waals surface area contributed by atoms with Gasteiger partial charge < -0.3 is 10.6 Å². The highest BCUT2D eigenvalue weighted by atomic mass is 19.2. The molecule has 1 saturated carbocycles. The first-order valence-corrected chi connectivity index (χ1v) is 9.01. The summed E-state index contributed by atoms with van der Waals surface area (Å²) in [5.74, 6) is -4.24. The van der Waals surface area contributed by atoms with E-state index in [1.165, 1.54) is 18.9 Å². The first-order chi connectivity index (χ1) is 12.9. The lowest BCUT2D eigenvalue weighted by molar-refractivity contribution is 0.102. The lowest BCUT2D eigenvalue weighted by atomic mass is 10.1. The summed E-state index contributed by atoms with van der Waals surface area (Å²) < 4.78 is 40.1. The monoisotopic (exact) mass is 378 g/mol. The van der Waals surface area contributed by atoms with Crippen LogP contribution in [-0.4, -0.2) is 21.9 Å². The minimum Gasteiger partial charge on any atom is -0.367 e. The fourth-order valence-corrected chi connectivity index (χ4v) is 3.20. The lowest BCUT2D eigenvalue weighted by Gasteiger charge is -2.17. The highest BCUT2D eigenvalue weighted by molar-refractivity contribution is 6.03. The van der Waals surface area contributed by atoms with Crippen molar-refractivity contribution in [3.05, 3.63) is 47.2 Å². The molecule has 1 heterocycles. The summed E-state index contributed by atoms with van der Waals surface area (Å²) in [4.78, 5) is 20.8. The predicted molar refractivity (Wildman–Crippen MR) is 96.2 cm³/mol. The Labute approximate surface area is 155 Å². The number of benzene rings is 1. The molecule has 27 heavy (non-hydrogen) atoms. The fourth-order valence-electron chi connectivity index (χ4n) is 3.20. The maximum Gasteiger partial charge on any atom is 0.274 e. The Morgan fingerprint density at radius 3 is 2.44 bits per heavy atom. The molecule has 2 N–H and O–H groups in total. The van der Waals surface area contributed by atoms with Crippen molar-refractivity contribution in [3.63, 3.8) is 0 Å². The van der Waals surface area contributed by atoms with E-state index >= 15 is 0 Å². The third-order valence-electron chi connectivity index (χ3n) is 4.56. The minimum atomic E-state index is -1.64. The molecule has 0 bridgehead atoms. The maximum absolute atomic E-state index is 13.8. The molecule has 0 saturated heterocycles. The third kappa shape index (κ3) is 4.75. The number of amides is 1. The van der Waals surface area contributed by atoms with Gasteiger partial charge >= 0.3 is 0 Å². The van der Waals surface area contributed by atoms with Gasteiger partial charge in [0.05, 0.1) is 5.69 Å². The highest BCUT2D eigenvalue weighted by Crippen LogP contribution is 2.22. The van der Waals surface area contributed by atoms with Gasteiger partial charge in [-0.15, -0.1) is 0 Å². The first-order valence-electron chi connectivity index (χ1n) is 9.01. The Morgan fingerprint density at radius 2 is 1.74 bits per heavy atom. The smallest absolute Gasteiger partial charge is 0.274 e. The van der Waals surface area contributed by atoms with Crippen molar-refractivity contribution in [2.45, 2.75) is 51.5 Å². The molecule has 1 aromatic heterocycles. The van der Waals surface area contributed by atoms with Crippen LogP contribution in [0.25, 0.3) is 0 Å². The summed E-state index contributed by atoms with van der Waals surface area (Å²) in [6.45, 7) is 1.65. The lowest BCUT2D eigenvalue weighted by Crippen LogP contribution is -2.21. The average molecular weight is 378 g/mol. The summed E-state index contributed by atoms with van der Waals surface area (Å²) in [5.41, 5.74) is -0.434. The molecule has 1 amide bonds. The molecule has 144 valence electrons. The summed E-state index contributed by atoms with van der Waals surface area (Å²) in [6.07, 6.45) is 6.78. The fraction of sp³-hybridized carbons (Fsp3) is 0.421. The second-order valence-corrected chi connectivity index (χ2v) is 6.70. The zero-order valence-corrected chi connectivity index (χ0v) is 15.0. The number of hydrogen-bond acceptors (Lipinski definition) is 4. The summed E-state index contributed by atoms with van der Waals surface area (Å²) in [7, 11) is 0. The van der Waals surface area contributed by atoms with Gasteiger partial charge in [-0.1, -0.05) is 25.7 Å². The van der Waals surface area contributed by atoms with E-state index in [0.717, 1.165) is 37.8 Å². The van der Waals surface area contributed by atoms with Gasteiger partial charge in [-0.05, 0) is 31.9 Å². The number of nitrogens with zero attached hydrogens (tertiary/aromatic N) is 2. The number of aromatic nitrogens is 2. The van der Waals surface area contributed by atoms with Crippen LogP contribution < -0.4 is 10.6 Å². The van der Waals surface area contributed by atoms with Gasteiger partial charge in [0.1, 0.15) is 17.3 Å². The van der Waals surface area contributed by atoms with Gasteiger partial charge in [0.15, 0.2) is 17.5 Å². The largest absolute Gasteiger partial charge is 0.367 e. The number of anilines is 2. The van der Waals surface area contributed by atoms with Crippen molar-refractivity contribution in [2.24, 2.45) is 0 Å². The van der Waals surface area contributed by atoms with E-state index in [2.05, 4.69) is 20.6 Å². The van der Waals surface area contributed by atoms with E-state index < -0.39 is 29.0 Å². The Hall–Kier alpha value is -2.64. The molecule has 0 unspecified atom stereocenters. The minimum absolute atomic E-state index is 0.0164. The van der Waals surface area contributed by atoms with E-state index in [-0.39, 0.29) is 11.7 Å². The first kappa shape index (κ1) is 19.1. The van der Waals surface area contributed by atoms with Crippen molar-refractivity contribution in [1.29, 1.82) is 0 Å². The Balaban J connectivity index is 1.77. The van der Waals surface area contributed by atoms with Crippen LogP contribution in [0.15, 0.2) is 18.2 Å². The standard InChI is InChI=1S/C19H21F3N4O/c1-11-23-15(10-16(24-11)25-12-6-4-2-3-5-7-12)19(27)26-14-9-8-13(20)17(21)18(14)22/h8-10,12H,2-7H2,1H3,(H,26,27)(H,23,24,25). The van der Waals surface area contributed by atoms with Crippen LogP contribution in [0.2, 0.25) is 0 Å². The van der Waals surface area contributed by atoms with Crippen molar-refractivity contribution >= 4 is 17.4 Å². The van der Waals surface area contributed by atoms with Crippen LogP contribution in [0.4, 0.5) is 24.7 Å². The summed E-state index contributed by atoms with van der Waals surface area (Å²) in [5, 5.41) is 5.56. The normalized spacial score (nSPS) is 15.3. The highest BCUT2D eigenvalue weighted by Gasteiger charge is 2.18. The van der Waals surface area contributed by atoms with E-state index in [1.807, 2.05) is 0 Å². The zero-order valence-electron chi connectivity index (χ0n) is 15.0. The van der Waals surface area contributed by atoms with Gasteiger partial charge in [0.25, 0.3) is 5.91 Å². The van der Waals surface area contributed by atoms with Gasteiger partial charge in [0.2, 0.25) is 0 Å². The topological polar surface area (TPSA) is 66.9 Å². The number of carbonyl (C=O) groups excluding carboxylic acids is 1. The van der Waals surface area contributed by atoms with Crippen LogP contribution in [-0.2, 0) is 0 Å². The Morgan fingerprint density at radius 1 is 1.04 bits per heavy atom. The molecule has 0 aliphatic heterocycles. The molecular formula is C19H21F3N4O. The molecule has 1 fully saturated rings. The number of carbonyl (C=O) groups is 1. The number of aryl methyl sites for hydroxylation is 1. The van der Waals surface area contributed by atoms with Crippen molar-refractivity contribution in [1.82, 2.24) is 9.97 Å². The average Bonchev–Trinajstić information content (AvgIpc) is 2.90. The molecular weight excluding hydrogens is 357 g/mol. The quantitative estimate of drug-likeness (QED) is 0.603. The molecule has 1 aliphatic carbocycles. The third-order valence-corrected chi connectivity index (χ3v) is 4.56. The van der Waals surface area contributed by atoms with E-state index in [0.29, 0.717) is 11.6 Å². The predicted octanol–water partition coefficient (Wildman–Crippen LogP) is 4.59. The number of nitrogens with one attached hydrogen (secondary N) is 2. The molecule has 5 nitrogen and oxygen atoms in total. The SMILES string of the molecule is Cc1nc(NC2CCCCCC2)cc(C(=O)Nc2ccc(F)c(F)c2F)n1. The second-order valence-electron chi connectivity index (χ2n) is 6.70. The summed E-state index contributed by atoms with van der Waals surface area (Å²) >= 11 is 0. The van der Waals surface area contributed by atoms with E-state index in [9.17, 15) is 18.0 Å². The van der Waals surface area contributed by atoms with Crippen LogP contribution in [0, 0.1) is 24.4 Å². The number of rotatable bonds is 4. The Bertz CT molecular complexity index is 836. The van der Waals surface area contributed by atoms with Crippen LogP contribution in [0.3, 0.4) is 0 Å². The van der Waals surface area contributed by atoms with Crippen molar-refractivity contribution in [2.75, 3.05) is 10.6 Å². The second kappa shape index (κ2) is 8.37. The maximum atomic E-state index is 13.8. The molecule has 3 rings (SSSR count). The van der Waals surface area contributed by atoms with Crippen LogP contribution in [0.1, 0.15) is 54.8 Å². The number of halogens is 3. The zero-order chi connectivity index (χ0) is 19.4. The van der Waals surface area contributed by atoms with Crippen LogP contribution in [0.5, 0.6) is 0 Å². The molecule has 0 atom stereocenters. The molecule has 0 radical (unpaired) electrons. The van der Waals surface area contributed by atoms with Gasteiger partial charge in [-0.25, -0.2) is 23.1 Å². The molecule has 1 aromatic carbocycles. The summed E-state index contributed by atoms with van der Waals surface area (Å²) in [6, 6.07) is 3.47. The van der Waals surface area contributed by atoms with Crippen molar-refractivity contribution in [3.8, 4) is 0 Å².